The molecule has 124 valence electrons. The monoisotopic (exact) mass is 326 g/mol. The van der Waals surface area contributed by atoms with Crippen molar-refractivity contribution in [2.75, 3.05) is 19.8 Å². The Labute approximate surface area is 133 Å². The Morgan fingerprint density at radius 1 is 1.23 bits per heavy atom. The average molecular weight is 326 g/mol. The molecule has 0 heterocycles. The molecule has 0 bridgehead atoms. The molecule has 5 nitrogen and oxygen atoms in total. The molecule has 6 heteroatoms. The van der Waals surface area contributed by atoms with E-state index in [0.29, 0.717) is 4.90 Å². The fourth-order valence-electron chi connectivity index (χ4n) is 2.07. The number of likely N-dealkylation sites (N-methyl/N-ethyl adjacent to an activating group) is 1. The van der Waals surface area contributed by atoms with Gasteiger partial charge in [-0.15, -0.1) is 0 Å². The van der Waals surface area contributed by atoms with E-state index in [1.165, 1.54) is 6.26 Å². The summed E-state index contributed by atoms with van der Waals surface area (Å²) in [6.07, 6.45) is 1.19. The van der Waals surface area contributed by atoms with E-state index >= 15 is 0 Å². The molecule has 0 fully saturated rings. The number of nitrogens with one attached hydrogen (secondary N) is 1. The predicted octanol–water partition coefficient (Wildman–Crippen LogP) is 2.00. The minimum Gasteiger partial charge on any atom is -0.350 e. The standard InChI is InChI=1S/C16H26N2O3S/c1-12(18(5)11-15(19)17-16(2,3)4)13-7-9-14(10-8-13)22(6,20)21/h7-10,12H,11H2,1-6H3,(H,17,19). The van der Waals surface area contributed by atoms with Crippen molar-refractivity contribution in [2.45, 2.75) is 44.2 Å². The molecule has 1 aromatic rings. The van der Waals surface area contributed by atoms with E-state index < -0.39 is 9.84 Å². The van der Waals surface area contributed by atoms with Gasteiger partial charge < -0.3 is 5.32 Å². The average Bonchev–Trinajstić information content (AvgIpc) is 2.34. The molecule has 1 unspecified atom stereocenters. The van der Waals surface area contributed by atoms with Gasteiger partial charge in [0.1, 0.15) is 0 Å². The first-order valence-corrected chi connectivity index (χ1v) is 9.10. The van der Waals surface area contributed by atoms with Crippen LogP contribution < -0.4 is 5.32 Å². The Kier molecular flexibility index (Phi) is 5.76. The SMILES string of the molecule is CC(c1ccc(S(C)(=O)=O)cc1)N(C)CC(=O)NC(C)(C)C. The predicted molar refractivity (Wildman–Crippen MR) is 88.5 cm³/mol. The van der Waals surface area contributed by atoms with Crippen LogP contribution in [0.15, 0.2) is 29.2 Å². The van der Waals surface area contributed by atoms with Crippen LogP contribution >= 0.6 is 0 Å². The van der Waals surface area contributed by atoms with E-state index in [-0.39, 0.29) is 24.0 Å². The Morgan fingerprint density at radius 2 is 1.73 bits per heavy atom. The van der Waals surface area contributed by atoms with Crippen molar-refractivity contribution in [1.29, 1.82) is 0 Å². The van der Waals surface area contributed by atoms with Crippen LogP contribution in [-0.4, -0.2) is 44.6 Å². The number of hydrogen-bond acceptors (Lipinski definition) is 4. The zero-order chi connectivity index (χ0) is 17.1. The van der Waals surface area contributed by atoms with E-state index in [2.05, 4.69) is 5.32 Å². The van der Waals surface area contributed by atoms with E-state index in [1.807, 2.05) is 39.6 Å². The summed E-state index contributed by atoms with van der Waals surface area (Å²) in [5.41, 5.74) is 0.719. The molecule has 1 aromatic carbocycles. The van der Waals surface area contributed by atoms with Crippen molar-refractivity contribution in [2.24, 2.45) is 0 Å². The lowest BCUT2D eigenvalue weighted by Crippen LogP contribution is -2.45. The number of benzene rings is 1. The molecule has 0 saturated heterocycles. The van der Waals surface area contributed by atoms with E-state index in [9.17, 15) is 13.2 Å². The molecule has 0 aliphatic rings. The quantitative estimate of drug-likeness (QED) is 0.899. The number of amides is 1. The topological polar surface area (TPSA) is 66.5 Å². The number of sulfone groups is 1. The second kappa shape index (κ2) is 6.79. The van der Waals surface area contributed by atoms with Crippen molar-refractivity contribution in [1.82, 2.24) is 10.2 Å². The normalized spacial score (nSPS) is 14.0. The molecule has 0 saturated carbocycles. The number of carbonyl (C=O) groups excluding carboxylic acids is 1. The minimum absolute atomic E-state index is 0.0133. The molecule has 0 aliphatic heterocycles. The molecular formula is C16H26N2O3S. The van der Waals surface area contributed by atoms with Gasteiger partial charge in [0.25, 0.3) is 0 Å². The Bertz CT molecular complexity index is 616. The van der Waals surface area contributed by atoms with Crippen LogP contribution in [0.3, 0.4) is 0 Å². The second-order valence-corrected chi connectivity index (χ2v) is 8.75. The molecule has 0 radical (unpaired) electrons. The molecule has 0 aromatic heterocycles. The Balaban J connectivity index is 2.75. The van der Waals surface area contributed by atoms with E-state index in [1.54, 1.807) is 24.3 Å². The van der Waals surface area contributed by atoms with Gasteiger partial charge in [-0.2, -0.15) is 0 Å². The summed E-state index contributed by atoms with van der Waals surface area (Å²) >= 11 is 0. The Morgan fingerprint density at radius 3 is 2.14 bits per heavy atom. The largest absolute Gasteiger partial charge is 0.350 e. The van der Waals surface area contributed by atoms with Crippen LogP contribution in [0.2, 0.25) is 0 Å². The third kappa shape index (κ3) is 5.77. The highest BCUT2D eigenvalue weighted by Gasteiger charge is 2.19. The molecule has 0 aliphatic carbocycles. The van der Waals surface area contributed by atoms with E-state index in [0.717, 1.165) is 5.56 Å². The fourth-order valence-corrected chi connectivity index (χ4v) is 2.70. The van der Waals surface area contributed by atoms with Crippen LogP contribution in [-0.2, 0) is 14.6 Å². The van der Waals surface area contributed by atoms with Gasteiger partial charge in [-0.05, 0) is 52.4 Å². The van der Waals surface area contributed by atoms with Crippen LogP contribution in [0.5, 0.6) is 0 Å². The van der Waals surface area contributed by atoms with Crippen molar-refractivity contribution >= 4 is 15.7 Å². The summed E-state index contributed by atoms with van der Waals surface area (Å²) in [5.74, 6) is -0.0328. The zero-order valence-electron chi connectivity index (χ0n) is 14.2. The van der Waals surface area contributed by atoms with Crippen molar-refractivity contribution in [3.63, 3.8) is 0 Å². The number of carbonyl (C=O) groups is 1. The maximum atomic E-state index is 12.0. The van der Waals surface area contributed by atoms with Gasteiger partial charge in [0.15, 0.2) is 9.84 Å². The molecule has 22 heavy (non-hydrogen) atoms. The minimum atomic E-state index is -3.18. The third-order valence-corrected chi connectivity index (χ3v) is 4.49. The summed E-state index contributed by atoms with van der Waals surface area (Å²) in [6, 6.07) is 6.80. The lowest BCUT2D eigenvalue weighted by atomic mass is 10.1. The molecule has 1 rings (SSSR count). The van der Waals surface area contributed by atoms with Crippen molar-refractivity contribution in [3.8, 4) is 0 Å². The maximum absolute atomic E-state index is 12.0. The van der Waals surface area contributed by atoms with Crippen LogP contribution in [0.1, 0.15) is 39.3 Å². The Hall–Kier alpha value is -1.40. The van der Waals surface area contributed by atoms with Gasteiger partial charge in [-0.25, -0.2) is 8.42 Å². The number of rotatable bonds is 5. The van der Waals surface area contributed by atoms with Crippen LogP contribution in [0.4, 0.5) is 0 Å². The maximum Gasteiger partial charge on any atom is 0.234 e. The first kappa shape index (κ1) is 18.6. The van der Waals surface area contributed by atoms with Crippen molar-refractivity contribution < 1.29 is 13.2 Å². The first-order chi connectivity index (χ1) is 9.90. The summed E-state index contributed by atoms with van der Waals surface area (Å²) in [4.78, 5) is 14.2. The van der Waals surface area contributed by atoms with Gasteiger partial charge in [0, 0.05) is 17.8 Å². The summed E-state index contributed by atoms with van der Waals surface area (Å²) in [7, 11) is -1.31. The molecule has 1 amide bonds. The summed E-state index contributed by atoms with van der Waals surface area (Å²) in [6.45, 7) is 8.10. The lowest BCUT2D eigenvalue weighted by molar-refractivity contribution is -0.123. The number of hydrogen-bond donors (Lipinski definition) is 1. The van der Waals surface area contributed by atoms with Gasteiger partial charge >= 0.3 is 0 Å². The van der Waals surface area contributed by atoms with Gasteiger partial charge in [0.05, 0.1) is 11.4 Å². The van der Waals surface area contributed by atoms with Gasteiger partial charge in [-0.3, -0.25) is 9.69 Å². The van der Waals surface area contributed by atoms with E-state index in [4.69, 9.17) is 0 Å². The van der Waals surface area contributed by atoms with Gasteiger partial charge in [-0.1, -0.05) is 12.1 Å². The lowest BCUT2D eigenvalue weighted by Gasteiger charge is -2.27. The fraction of sp³-hybridized carbons (Fsp3) is 0.562. The highest BCUT2D eigenvalue weighted by Crippen LogP contribution is 2.20. The first-order valence-electron chi connectivity index (χ1n) is 7.21. The van der Waals surface area contributed by atoms with Crippen LogP contribution in [0.25, 0.3) is 0 Å². The summed E-state index contributed by atoms with van der Waals surface area (Å²) < 4.78 is 22.9. The highest BCUT2D eigenvalue weighted by atomic mass is 32.2. The van der Waals surface area contributed by atoms with Crippen molar-refractivity contribution in [3.05, 3.63) is 29.8 Å². The smallest absolute Gasteiger partial charge is 0.234 e. The third-order valence-electron chi connectivity index (χ3n) is 3.36. The van der Waals surface area contributed by atoms with Crippen LogP contribution in [0, 0.1) is 0 Å². The van der Waals surface area contributed by atoms with Gasteiger partial charge in [0.2, 0.25) is 5.91 Å². The molecular weight excluding hydrogens is 300 g/mol. The summed E-state index contributed by atoms with van der Waals surface area (Å²) in [5, 5.41) is 2.93. The molecule has 0 spiro atoms. The highest BCUT2D eigenvalue weighted by molar-refractivity contribution is 7.90. The zero-order valence-corrected chi connectivity index (χ0v) is 15.0. The number of nitrogens with zero attached hydrogens (tertiary/aromatic N) is 1. The second-order valence-electron chi connectivity index (χ2n) is 6.73. The molecule has 1 atom stereocenters. The molecule has 1 N–H and O–H groups in total.